The van der Waals surface area contributed by atoms with Crippen molar-refractivity contribution in [2.75, 3.05) is 19.6 Å². The number of nitro groups is 1. The largest absolute Gasteiger partial charge is 0.351 e. The highest BCUT2D eigenvalue weighted by Crippen LogP contribution is 2.26. The van der Waals surface area contributed by atoms with Crippen LogP contribution < -0.4 is 10.6 Å². The van der Waals surface area contributed by atoms with E-state index >= 15 is 0 Å². The summed E-state index contributed by atoms with van der Waals surface area (Å²) < 4.78 is 0. The van der Waals surface area contributed by atoms with Gasteiger partial charge in [0, 0.05) is 24.2 Å². The molecule has 0 aliphatic carbocycles. The molecule has 20 heavy (non-hydrogen) atoms. The first-order chi connectivity index (χ1) is 9.50. The van der Waals surface area contributed by atoms with E-state index in [2.05, 4.69) is 17.6 Å². The summed E-state index contributed by atoms with van der Waals surface area (Å²) in [4.78, 5) is 22.1. The summed E-state index contributed by atoms with van der Waals surface area (Å²) in [6.07, 6.45) is 2.07. The molecule has 0 radical (unpaired) electrons. The maximum absolute atomic E-state index is 12.0. The lowest BCUT2D eigenvalue weighted by Crippen LogP contribution is -2.42. The standard InChI is InChI=1S/C14H19N3O3/c1-14(6-8-15-9-7-14)10-16-13(18)11-2-4-12(5-3-11)17(19)20/h2-5,15H,6-10H2,1H3,(H,16,18). The van der Waals surface area contributed by atoms with Gasteiger partial charge in [0.05, 0.1) is 4.92 Å². The highest BCUT2D eigenvalue weighted by Gasteiger charge is 2.27. The minimum atomic E-state index is -0.474. The zero-order chi connectivity index (χ0) is 14.6. The molecule has 1 saturated heterocycles. The smallest absolute Gasteiger partial charge is 0.269 e. The van der Waals surface area contributed by atoms with Gasteiger partial charge in [-0.15, -0.1) is 0 Å². The van der Waals surface area contributed by atoms with E-state index < -0.39 is 4.92 Å². The fourth-order valence-corrected chi connectivity index (χ4v) is 2.34. The first-order valence-electron chi connectivity index (χ1n) is 6.74. The van der Waals surface area contributed by atoms with Crippen LogP contribution in [0.2, 0.25) is 0 Å². The van der Waals surface area contributed by atoms with Crippen LogP contribution in [0.25, 0.3) is 0 Å². The SMILES string of the molecule is CC1(CNC(=O)c2ccc([N+](=O)[O-])cc2)CCNCC1. The number of nitro benzene ring substituents is 1. The van der Waals surface area contributed by atoms with Crippen molar-refractivity contribution in [1.29, 1.82) is 0 Å². The number of benzene rings is 1. The summed E-state index contributed by atoms with van der Waals surface area (Å²) >= 11 is 0. The second kappa shape index (κ2) is 6.00. The first-order valence-corrected chi connectivity index (χ1v) is 6.74. The number of carbonyl (C=O) groups is 1. The molecule has 1 aliphatic rings. The maximum atomic E-state index is 12.0. The molecule has 0 aromatic heterocycles. The van der Waals surface area contributed by atoms with Gasteiger partial charge in [0.1, 0.15) is 0 Å². The Balaban J connectivity index is 1.92. The van der Waals surface area contributed by atoms with Gasteiger partial charge in [-0.05, 0) is 43.5 Å². The third-order valence-electron chi connectivity index (χ3n) is 3.83. The van der Waals surface area contributed by atoms with Gasteiger partial charge < -0.3 is 10.6 Å². The fourth-order valence-electron chi connectivity index (χ4n) is 2.34. The lowest BCUT2D eigenvalue weighted by molar-refractivity contribution is -0.384. The number of nitrogens with one attached hydrogen (secondary N) is 2. The number of non-ortho nitro benzene ring substituents is 1. The molecule has 1 fully saturated rings. The van der Waals surface area contributed by atoms with E-state index in [1.165, 1.54) is 24.3 Å². The summed E-state index contributed by atoms with van der Waals surface area (Å²) in [5.74, 6) is -0.181. The highest BCUT2D eigenvalue weighted by atomic mass is 16.6. The Kier molecular flexibility index (Phi) is 4.34. The summed E-state index contributed by atoms with van der Waals surface area (Å²) in [6.45, 7) is 4.75. The number of rotatable bonds is 4. The molecule has 1 heterocycles. The second-order valence-corrected chi connectivity index (χ2v) is 5.55. The van der Waals surface area contributed by atoms with Crippen molar-refractivity contribution in [2.24, 2.45) is 5.41 Å². The number of hydrogen-bond donors (Lipinski definition) is 2. The number of hydrogen-bond acceptors (Lipinski definition) is 4. The van der Waals surface area contributed by atoms with Gasteiger partial charge in [-0.25, -0.2) is 0 Å². The van der Waals surface area contributed by atoms with Gasteiger partial charge in [-0.1, -0.05) is 6.92 Å². The van der Waals surface area contributed by atoms with Crippen LogP contribution in [-0.2, 0) is 0 Å². The molecule has 6 heteroatoms. The Morgan fingerprint density at radius 2 is 1.95 bits per heavy atom. The monoisotopic (exact) mass is 277 g/mol. The zero-order valence-electron chi connectivity index (χ0n) is 11.5. The third kappa shape index (κ3) is 3.54. The van der Waals surface area contributed by atoms with Gasteiger partial charge >= 0.3 is 0 Å². The third-order valence-corrected chi connectivity index (χ3v) is 3.83. The van der Waals surface area contributed by atoms with Crippen molar-refractivity contribution in [3.05, 3.63) is 39.9 Å². The van der Waals surface area contributed by atoms with Crippen molar-refractivity contribution in [1.82, 2.24) is 10.6 Å². The molecule has 1 aromatic carbocycles. The van der Waals surface area contributed by atoms with E-state index in [9.17, 15) is 14.9 Å². The predicted octanol–water partition coefficient (Wildman–Crippen LogP) is 1.71. The molecule has 0 atom stereocenters. The second-order valence-electron chi connectivity index (χ2n) is 5.55. The Morgan fingerprint density at radius 3 is 2.50 bits per heavy atom. The quantitative estimate of drug-likeness (QED) is 0.648. The predicted molar refractivity (Wildman–Crippen MR) is 75.6 cm³/mol. The van der Waals surface area contributed by atoms with E-state index in [4.69, 9.17) is 0 Å². The maximum Gasteiger partial charge on any atom is 0.269 e. The van der Waals surface area contributed by atoms with E-state index in [1.807, 2.05) is 0 Å². The average Bonchev–Trinajstić information content (AvgIpc) is 2.46. The van der Waals surface area contributed by atoms with Crippen LogP contribution >= 0.6 is 0 Å². The van der Waals surface area contributed by atoms with Crippen molar-refractivity contribution >= 4 is 11.6 Å². The molecule has 6 nitrogen and oxygen atoms in total. The molecule has 108 valence electrons. The fraction of sp³-hybridized carbons (Fsp3) is 0.500. The van der Waals surface area contributed by atoms with Crippen LogP contribution in [-0.4, -0.2) is 30.5 Å². The minimum Gasteiger partial charge on any atom is -0.351 e. The molecule has 0 unspecified atom stereocenters. The molecular weight excluding hydrogens is 258 g/mol. The van der Waals surface area contributed by atoms with Gasteiger partial charge in [0.15, 0.2) is 0 Å². The Labute approximate surface area is 117 Å². The van der Waals surface area contributed by atoms with Gasteiger partial charge in [0.25, 0.3) is 11.6 Å². The van der Waals surface area contributed by atoms with Crippen LogP contribution in [0.5, 0.6) is 0 Å². The van der Waals surface area contributed by atoms with Crippen LogP contribution in [0.4, 0.5) is 5.69 Å². The average molecular weight is 277 g/mol. The summed E-state index contributed by atoms with van der Waals surface area (Å²) in [5, 5.41) is 16.8. The van der Waals surface area contributed by atoms with E-state index in [0.717, 1.165) is 25.9 Å². The van der Waals surface area contributed by atoms with Crippen molar-refractivity contribution in [2.45, 2.75) is 19.8 Å². The minimum absolute atomic E-state index is 0.00753. The number of nitrogens with zero attached hydrogens (tertiary/aromatic N) is 1. The molecular formula is C14H19N3O3. The summed E-state index contributed by atoms with van der Waals surface area (Å²) in [5.41, 5.74) is 0.571. The van der Waals surface area contributed by atoms with Crippen molar-refractivity contribution < 1.29 is 9.72 Å². The number of piperidine rings is 1. The van der Waals surface area contributed by atoms with E-state index in [0.29, 0.717) is 12.1 Å². The molecule has 0 spiro atoms. The molecule has 2 N–H and O–H groups in total. The molecule has 1 amide bonds. The molecule has 2 rings (SSSR count). The Morgan fingerprint density at radius 1 is 1.35 bits per heavy atom. The van der Waals surface area contributed by atoms with E-state index in [-0.39, 0.29) is 17.0 Å². The molecule has 1 aromatic rings. The Hall–Kier alpha value is -1.95. The van der Waals surface area contributed by atoms with Crippen LogP contribution in [0.1, 0.15) is 30.1 Å². The van der Waals surface area contributed by atoms with Gasteiger partial charge in [-0.3, -0.25) is 14.9 Å². The lowest BCUT2D eigenvalue weighted by atomic mass is 9.81. The lowest BCUT2D eigenvalue weighted by Gasteiger charge is -2.34. The Bertz CT molecular complexity index is 493. The number of amides is 1. The normalized spacial score (nSPS) is 17.4. The van der Waals surface area contributed by atoms with E-state index in [1.54, 1.807) is 0 Å². The summed E-state index contributed by atoms with van der Waals surface area (Å²) in [6, 6.07) is 5.67. The highest BCUT2D eigenvalue weighted by molar-refractivity contribution is 5.94. The zero-order valence-corrected chi connectivity index (χ0v) is 11.5. The van der Waals surface area contributed by atoms with Crippen molar-refractivity contribution in [3.8, 4) is 0 Å². The van der Waals surface area contributed by atoms with Crippen LogP contribution in [0.3, 0.4) is 0 Å². The van der Waals surface area contributed by atoms with Crippen LogP contribution in [0.15, 0.2) is 24.3 Å². The number of carbonyl (C=O) groups excluding carboxylic acids is 1. The topological polar surface area (TPSA) is 84.3 Å². The molecule has 0 bridgehead atoms. The first kappa shape index (κ1) is 14.5. The van der Waals surface area contributed by atoms with Crippen LogP contribution in [0, 0.1) is 15.5 Å². The van der Waals surface area contributed by atoms with Gasteiger partial charge in [0.2, 0.25) is 0 Å². The summed E-state index contributed by atoms with van der Waals surface area (Å²) in [7, 11) is 0. The van der Waals surface area contributed by atoms with Gasteiger partial charge in [-0.2, -0.15) is 0 Å². The molecule has 1 aliphatic heterocycles. The molecule has 0 saturated carbocycles. The van der Waals surface area contributed by atoms with Crippen molar-refractivity contribution in [3.63, 3.8) is 0 Å².